The maximum Gasteiger partial charge on any atom is 0.00553 e. The predicted octanol–water partition coefficient (Wildman–Crippen LogP) is 4.04. The monoisotopic (exact) mass is 206 g/mol. The fourth-order valence-corrected chi connectivity index (χ4v) is 5.13. The zero-order chi connectivity index (χ0) is 9.72. The molecule has 0 fully saturated rings. The molecule has 0 spiro atoms. The first-order valence-electron chi connectivity index (χ1n) is 4.77. The minimum atomic E-state index is 0.255. The van der Waals surface area contributed by atoms with Crippen LogP contribution in [0, 0.1) is 0 Å². The summed E-state index contributed by atoms with van der Waals surface area (Å²) in [6, 6.07) is 0. The first kappa shape index (κ1) is 12.8. The van der Waals surface area contributed by atoms with Gasteiger partial charge in [0.05, 0.1) is 0 Å². The van der Waals surface area contributed by atoms with E-state index in [0.717, 1.165) is 16.6 Å². The molecule has 1 atom stereocenters. The topological polar surface area (TPSA) is 0 Å². The molecule has 74 valence electrons. The third kappa shape index (κ3) is 4.72. The van der Waals surface area contributed by atoms with Crippen LogP contribution in [-0.2, 0) is 0 Å². The van der Waals surface area contributed by atoms with Crippen molar-refractivity contribution in [2.45, 2.75) is 51.2 Å². The van der Waals surface area contributed by atoms with Crippen LogP contribution in [0.15, 0.2) is 0 Å². The van der Waals surface area contributed by atoms with Crippen LogP contribution in [0.5, 0.6) is 0 Å². The van der Waals surface area contributed by atoms with Gasteiger partial charge in [-0.05, 0) is 23.7 Å². The Morgan fingerprint density at radius 3 is 1.67 bits per heavy atom. The zero-order valence-corrected chi connectivity index (χ0v) is 11.0. The summed E-state index contributed by atoms with van der Waals surface area (Å²) < 4.78 is 0. The van der Waals surface area contributed by atoms with E-state index < -0.39 is 0 Å². The molecule has 12 heavy (non-hydrogen) atoms. The lowest BCUT2D eigenvalue weighted by Crippen LogP contribution is -2.12. The van der Waals surface area contributed by atoms with E-state index in [0.29, 0.717) is 0 Å². The third-order valence-corrected chi connectivity index (χ3v) is 7.04. The molecule has 0 aliphatic carbocycles. The van der Waals surface area contributed by atoms with Gasteiger partial charge in [-0.3, -0.25) is 0 Å². The van der Waals surface area contributed by atoms with Crippen LogP contribution in [-0.4, -0.2) is 29.0 Å². The fraction of sp³-hybridized carbons (Fsp3) is 1.00. The summed E-state index contributed by atoms with van der Waals surface area (Å²) in [4.78, 5) is 0. The number of hydrogen-bond acceptors (Lipinski definition) is 1. The summed E-state index contributed by atoms with van der Waals surface area (Å²) in [6.45, 7) is 11.8. The molecule has 0 amide bonds. The van der Waals surface area contributed by atoms with Crippen LogP contribution in [0.25, 0.3) is 0 Å². The highest BCUT2D eigenvalue weighted by atomic mass is 32.2. The number of rotatable bonds is 5. The van der Waals surface area contributed by atoms with E-state index in [9.17, 15) is 0 Å². The van der Waals surface area contributed by atoms with Crippen molar-refractivity contribution in [3.05, 3.63) is 0 Å². The molecule has 0 nitrogen and oxygen atoms in total. The molecule has 0 radical (unpaired) electrons. The maximum absolute atomic E-state index is 2.37. The van der Waals surface area contributed by atoms with Gasteiger partial charge in [-0.2, -0.15) is 11.8 Å². The molecule has 0 saturated heterocycles. The van der Waals surface area contributed by atoms with Crippen molar-refractivity contribution in [3.8, 4) is 0 Å². The Morgan fingerprint density at radius 2 is 1.42 bits per heavy atom. The van der Waals surface area contributed by atoms with Crippen LogP contribution < -0.4 is 0 Å². The van der Waals surface area contributed by atoms with Gasteiger partial charge >= 0.3 is 0 Å². The molecule has 0 saturated carbocycles. The van der Waals surface area contributed by atoms with Gasteiger partial charge in [0.25, 0.3) is 0 Å². The molecular weight excluding hydrogens is 183 g/mol. The van der Waals surface area contributed by atoms with E-state index in [1.807, 2.05) is 11.8 Å². The lowest BCUT2D eigenvalue weighted by atomic mass is 10.5. The summed E-state index contributed by atoms with van der Waals surface area (Å²) in [6.07, 6.45) is 3.66. The van der Waals surface area contributed by atoms with Gasteiger partial charge in [0.1, 0.15) is 0 Å². The first-order valence-corrected chi connectivity index (χ1v) is 7.72. The standard InChI is InChI=1S/C10H23PS/c1-8(2)11(9(3)4)7-10(5)12-6/h8-10H,7H2,1-6H3. The maximum atomic E-state index is 2.37. The smallest absolute Gasteiger partial charge is 0.00553 e. The molecule has 0 rings (SSSR count). The van der Waals surface area contributed by atoms with Crippen LogP contribution in [0.3, 0.4) is 0 Å². The van der Waals surface area contributed by atoms with E-state index >= 15 is 0 Å². The summed E-state index contributed by atoms with van der Waals surface area (Å²) in [5.41, 5.74) is 1.80. The Morgan fingerprint density at radius 1 is 1.00 bits per heavy atom. The molecule has 0 heterocycles. The molecule has 0 aromatic rings. The van der Waals surface area contributed by atoms with Crippen LogP contribution in [0.2, 0.25) is 0 Å². The van der Waals surface area contributed by atoms with E-state index in [-0.39, 0.29) is 7.92 Å². The minimum Gasteiger partial charge on any atom is -0.162 e. The van der Waals surface area contributed by atoms with Gasteiger partial charge in [0.15, 0.2) is 0 Å². The highest BCUT2D eigenvalue weighted by Gasteiger charge is 2.18. The minimum absolute atomic E-state index is 0.255. The highest BCUT2D eigenvalue weighted by Crippen LogP contribution is 2.47. The molecular formula is C10H23PS. The molecule has 0 bridgehead atoms. The summed E-state index contributed by atoms with van der Waals surface area (Å²) >= 11 is 2.00. The van der Waals surface area contributed by atoms with Crippen LogP contribution in [0.4, 0.5) is 0 Å². The zero-order valence-electron chi connectivity index (χ0n) is 9.29. The summed E-state index contributed by atoms with van der Waals surface area (Å²) in [5.74, 6) is 0. The van der Waals surface area contributed by atoms with Crippen molar-refractivity contribution in [2.75, 3.05) is 12.4 Å². The highest BCUT2D eigenvalue weighted by molar-refractivity contribution is 7.99. The van der Waals surface area contributed by atoms with Crippen molar-refractivity contribution in [3.63, 3.8) is 0 Å². The predicted molar refractivity (Wildman–Crippen MR) is 65.0 cm³/mol. The number of hydrogen-bond donors (Lipinski definition) is 0. The van der Waals surface area contributed by atoms with Crippen molar-refractivity contribution in [2.24, 2.45) is 0 Å². The van der Waals surface area contributed by atoms with Crippen molar-refractivity contribution in [1.82, 2.24) is 0 Å². The second kappa shape index (κ2) is 6.27. The summed E-state index contributed by atoms with van der Waals surface area (Å²) in [7, 11) is 0.255. The van der Waals surface area contributed by atoms with E-state index in [2.05, 4.69) is 40.9 Å². The largest absolute Gasteiger partial charge is 0.162 e. The quantitative estimate of drug-likeness (QED) is 0.612. The van der Waals surface area contributed by atoms with E-state index in [1.165, 1.54) is 6.16 Å². The van der Waals surface area contributed by atoms with Gasteiger partial charge in [0.2, 0.25) is 0 Å². The SMILES string of the molecule is CSC(C)CP(C(C)C)C(C)C. The Hall–Kier alpha value is 0.780. The average Bonchev–Trinajstić information content (AvgIpc) is 1.98. The fourth-order valence-electron chi connectivity index (χ4n) is 1.39. The summed E-state index contributed by atoms with van der Waals surface area (Å²) in [5, 5.41) is 0.848. The van der Waals surface area contributed by atoms with Crippen molar-refractivity contribution >= 4 is 19.7 Å². The van der Waals surface area contributed by atoms with Gasteiger partial charge in [-0.1, -0.05) is 34.6 Å². The molecule has 2 heteroatoms. The van der Waals surface area contributed by atoms with Gasteiger partial charge in [-0.15, -0.1) is 7.92 Å². The molecule has 0 N–H and O–H groups in total. The van der Waals surface area contributed by atoms with Crippen LogP contribution in [0.1, 0.15) is 34.6 Å². The Balaban J connectivity index is 3.95. The van der Waals surface area contributed by atoms with Gasteiger partial charge in [0, 0.05) is 5.25 Å². The second-order valence-electron chi connectivity index (χ2n) is 3.93. The Bertz CT molecular complexity index is 104. The second-order valence-corrected chi connectivity index (χ2v) is 8.67. The molecule has 1 unspecified atom stereocenters. The Labute approximate surface area is 83.6 Å². The normalized spacial score (nSPS) is 14.8. The van der Waals surface area contributed by atoms with E-state index in [4.69, 9.17) is 0 Å². The van der Waals surface area contributed by atoms with Crippen molar-refractivity contribution < 1.29 is 0 Å². The molecule has 0 aromatic heterocycles. The first-order chi connectivity index (χ1) is 5.49. The van der Waals surface area contributed by atoms with Gasteiger partial charge < -0.3 is 0 Å². The van der Waals surface area contributed by atoms with Gasteiger partial charge in [-0.25, -0.2) is 0 Å². The van der Waals surface area contributed by atoms with Crippen LogP contribution >= 0.6 is 19.7 Å². The Kier molecular flexibility index (Phi) is 6.67. The van der Waals surface area contributed by atoms with E-state index in [1.54, 1.807) is 0 Å². The lowest BCUT2D eigenvalue weighted by Gasteiger charge is -2.27. The average molecular weight is 206 g/mol. The van der Waals surface area contributed by atoms with Crippen molar-refractivity contribution in [1.29, 1.82) is 0 Å². The number of thioether (sulfide) groups is 1. The molecule has 0 aromatic carbocycles. The molecule has 0 aliphatic heterocycles. The lowest BCUT2D eigenvalue weighted by molar-refractivity contribution is 0.978. The molecule has 0 aliphatic rings. The third-order valence-electron chi connectivity index (χ3n) is 2.20.